The highest BCUT2D eigenvalue weighted by atomic mass is 19.1. The number of aryl methyl sites for hydroxylation is 1. The molecule has 2 aromatic carbocycles. The largest absolute Gasteiger partial charge is 0.463 e. The van der Waals surface area contributed by atoms with Crippen molar-refractivity contribution < 1.29 is 8.81 Å². The second-order valence-electron chi connectivity index (χ2n) is 8.09. The molecule has 0 spiro atoms. The minimum atomic E-state index is -0.420. The van der Waals surface area contributed by atoms with Crippen molar-refractivity contribution >= 4 is 21.7 Å². The van der Waals surface area contributed by atoms with Crippen molar-refractivity contribution in [3.8, 4) is 0 Å². The third-order valence-corrected chi connectivity index (χ3v) is 5.80. The van der Waals surface area contributed by atoms with Crippen molar-refractivity contribution in [3.63, 3.8) is 0 Å². The van der Waals surface area contributed by atoms with Gasteiger partial charge in [-0.1, -0.05) is 24.3 Å². The van der Waals surface area contributed by atoms with E-state index in [0.29, 0.717) is 35.0 Å². The van der Waals surface area contributed by atoms with Crippen LogP contribution in [0.1, 0.15) is 17.5 Å². The van der Waals surface area contributed by atoms with Crippen LogP contribution in [0.3, 0.4) is 0 Å². The molecule has 0 bridgehead atoms. The lowest BCUT2D eigenvalue weighted by atomic mass is 10.0. The zero-order valence-corrected chi connectivity index (χ0v) is 18.0. The predicted molar refractivity (Wildman–Crippen MR) is 125 cm³/mol. The van der Waals surface area contributed by atoms with Crippen LogP contribution in [-0.4, -0.2) is 26.0 Å². The topological polar surface area (TPSA) is 64.2 Å². The van der Waals surface area contributed by atoms with Gasteiger partial charge in [0.25, 0.3) is 0 Å². The Morgan fingerprint density at radius 3 is 2.58 bits per heavy atom. The maximum atomic E-state index is 14.7. The Labute approximate surface area is 189 Å². The van der Waals surface area contributed by atoms with Crippen molar-refractivity contribution in [2.45, 2.75) is 26.1 Å². The molecule has 0 aliphatic rings. The van der Waals surface area contributed by atoms with E-state index in [4.69, 9.17) is 4.42 Å². The number of fused-ring (bicyclic) bond motifs is 3. The molecule has 7 heteroatoms. The maximum absolute atomic E-state index is 14.7. The number of pyridine rings is 1. The molecule has 5 rings (SSSR count). The van der Waals surface area contributed by atoms with Crippen LogP contribution < -0.4 is 5.43 Å². The van der Waals surface area contributed by atoms with Gasteiger partial charge in [-0.25, -0.2) is 9.37 Å². The fourth-order valence-electron chi connectivity index (χ4n) is 4.16. The molecule has 0 radical (unpaired) electrons. The van der Waals surface area contributed by atoms with Gasteiger partial charge in [-0.15, -0.1) is 0 Å². The van der Waals surface area contributed by atoms with E-state index in [9.17, 15) is 9.18 Å². The second-order valence-corrected chi connectivity index (χ2v) is 8.09. The minimum absolute atomic E-state index is 0.199. The Balaban J connectivity index is 1.44. The third kappa shape index (κ3) is 4.54. The Kier molecular flexibility index (Phi) is 5.95. The van der Waals surface area contributed by atoms with E-state index in [-0.39, 0.29) is 10.8 Å². The van der Waals surface area contributed by atoms with Gasteiger partial charge < -0.3 is 8.98 Å². The predicted octanol–water partition coefficient (Wildman–Crippen LogP) is 4.77. The van der Waals surface area contributed by atoms with Gasteiger partial charge in [0.15, 0.2) is 5.43 Å². The fraction of sp³-hybridized carbons (Fsp3) is 0.192. The van der Waals surface area contributed by atoms with E-state index >= 15 is 0 Å². The highest BCUT2D eigenvalue weighted by molar-refractivity contribution is 6.04. The quantitative estimate of drug-likeness (QED) is 0.324. The maximum Gasteiger partial charge on any atom is 0.197 e. The standard InChI is InChI=1S/C26H23FN4O2/c27-24-14-23-25(32)20(17-33-26(23)22-5-2-1-4-21(22)24)16-31(15-19-6-8-28-9-7-19)12-3-11-30-13-10-29-18-30/h1-2,4-10,13-14,17-18H,3,11-12,15-16H2. The van der Waals surface area contributed by atoms with Crippen LogP contribution in [-0.2, 0) is 19.6 Å². The minimum Gasteiger partial charge on any atom is -0.463 e. The Morgan fingerprint density at radius 1 is 0.970 bits per heavy atom. The van der Waals surface area contributed by atoms with Crippen LogP contribution in [0.25, 0.3) is 21.7 Å². The molecule has 0 fully saturated rings. The first-order valence-corrected chi connectivity index (χ1v) is 10.9. The Morgan fingerprint density at radius 2 is 1.79 bits per heavy atom. The average molecular weight is 442 g/mol. The summed E-state index contributed by atoms with van der Waals surface area (Å²) in [5.74, 6) is -0.420. The van der Waals surface area contributed by atoms with E-state index in [0.717, 1.165) is 25.1 Å². The van der Waals surface area contributed by atoms with E-state index in [1.165, 1.54) is 12.3 Å². The normalized spacial score (nSPS) is 11.6. The molecule has 0 saturated carbocycles. The van der Waals surface area contributed by atoms with Crippen molar-refractivity contribution in [1.29, 1.82) is 0 Å². The van der Waals surface area contributed by atoms with Gasteiger partial charge in [-0.05, 0) is 30.2 Å². The third-order valence-electron chi connectivity index (χ3n) is 5.80. The van der Waals surface area contributed by atoms with E-state index < -0.39 is 5.82 Å². The lowest BCUT2D eigenvalue weighted by Crippen LogP contribution is -2.27. The Bertz CT molecular complexity index is 1430. The number of hydrogen-bond acceptors (Lipinski definition) is 5. The molecule has 166 valence electrons. The molecule has 0 saturated heterocycles. The molecule has 3 aromatic heterocycles. The number of aromatic nitrogens is 3. The summed E-state index contributed by atoms with van der Waals surface area (Å²) in [5, 5.41) is 1.32. The number of benzene rings is 2. The van der Waals surface area contributed by atoms with Crippen LogP contribution in [0.15, 0.2) is 89.1 Å². The van der Waals surface area contributed by atoms with Crippen molar-refractivity contribution in [3.05, 3.63) is 107 Å². The fourth-order valence-corrected chi connectivity index (χ4v) is 4.16. The zero-order valence-electron chi connectivity index (χ0n) is 18.0. The van der Waals surface area contributed by atoms with Gasteiger partial charge >= 0.3 is 0 Å². The van der Waals surface area contributed by atoms with Gasteiger partial charge in [0.2, 0.25) is 0 Å². The molecule has 0 unspecified atom stereocenters. The summed E-state index contributed by atoms with van der Waals surface area (Å²) in [6.45, 7) is 2.66. The number of hydrogen-bond donors (Lipinski definition) is 0. The molecule has 0 atom stereocenters. The summed E-state index contributed by atoms with van der Waals surface area (Å²) in [6.07, 6.45) is 11.4. The summed E-state index contributed by atoms with van der Waals surface area (Å²) in [7, 11) is 0. The molecule has 0 amide bonds. The molecule has 0 N–H and O–H groups in total. The summed E-state index contributed by atoms with van der Waals surface area (Å²) in [4.78, 5) is 23.7. The van der Waals surface area contributed by atoms with Gasteiger partial charge in [0, 0.05) is 67.3 Å². The zero-order chi connectivity index (χ0) is 22.6. The smallest absolute Gasteiger partial charge is 0.197 e. The summed E-state index contributed by atoms with van der Waals surface area (Å²) < 4.78 is 22.6. The first-order valence-electron chi connectivity index (χ1n) is 10.9. The number of imidazole rings is 1. The first kappa shape index (κ1) is 21.0. The van der Waals surface area contributed by atoms with E-state index in [2.05, 4.69) is 14.9 Å². The van der Waals surface area contributed by atoms with Gasteiger partial charge in [0.1, 0.15) is 11.4 Å². The van der Waals surface area contributed by atoms with Crippen LogP contribution in [0, 0.1) is 5.82 Å². The molecule has 0 aliphatic heterocycles. The summed E-state index contributed by atoms with van der Waals surface area (Å²) in [5.41, 5.74) is 1.83. The molecule has 3 heterocycles. The van der Waals surface area contributed by atoms with Crippen LogP contribution in [0.5, 0.6) is 0 Å². The van der Waals surface area contributed by atoms with Crippen LogP contribution in [0.2, 0.25) is 0 Å². The highest BCUT2D eigenvalue weighted by Crippen LogP contribution is 2.26. The van der Waals surface area contributed by atoms with Gasteiger partial charge in [0.05, 0.1) is 18.0 Å². The number of rotatable bonds is 8. The van der Waals surface area contributed by atoms with Crippen molar-refractivity contribution in [2.75, 3.05) is 6.54 Å². The highest BCUT2D eigenvalue weighted by Gasteiger charge is 2.16. The first-order chi connectivity index (χ1) is 16.2. The van der Waals surface area contributed by atoms with Gasteiger partial charge in [-0.3, -0.25) is 14.7 Å². The lowest BCUT2D eigenvalue weighted by molar-refractivity contribution is 0.246. The van der Waals surface area contributed by atoms with Crippen molar-refractivity contribution in [1.82, 2.24) is 19.4 Å². The molecule has 5 aromatic rings. The SMILES string of the molecule is O=c1c(CN(CCCn2ccnc2)Cc2ccncc2)coc2c1cc(F)c1ccccc12. The molecular formula is C26H23FN4O2. The lowest BCUT2D eigenvalue weighted by Gasteiger charge is -2.22. The summed E-state index contributed by atoms with van der Waals surface area (Å²) in [6, 6.07) is 12.3. The van der Waals surface area contributed by atoms with Crippen LogP contribution >= 0.6 is 0 Å². The molecule has 33 heavy (non-hydrogen) atoms. The average Bonchev–Trinajstić information content (AvgIpc) is 3.36. The molecule has 0 aliphatic carbocycles. The Hall–Kier alpha value is -3.84. The number of halogens is 1. The summed E-state index contributed by atoms with van der Waals surface area (Å²) >= 11 is 0. The second kappa shape index (κ2) is 9.34. The van der Waals surface area contributed by atoms with E-state index in [1.54, 1.807) is 43.1 Å². The number of nitrogens with zero attached hydrogens (tertiary/aromatic N) is 4. The molecule has 6 nitrogen and oxygen atoms in total. The van der Waals surface area contributed by atoms with E-state index in [1.807, 2.05) is 29.0 Å². The van der Waals surface area contributed by atoms with Gasteiger partial charge in [-0.2, -0.15) is 0 Å². The molecular weight excluding hydrogens is 419 g/mol. The monoisotopic (exact) mass is 442 g/mol. The van der Waals surface area contributed by atoms with Crippen molar-refractivity contribution in [2.24, 2.45) is 0 Å². The van der Waals surface area contributed by atoms with Crippen LogP contribution in [0.4, 0.5) is 4.39 Å².